The average Bonchev–Trinajstić information content (AvgIpc) is 2.64. The first kappa shape index (κ1) is 21.2. The predicted molar refractivity (Wildman–Crippen MR) is 109 cm³/mol. The molecular formula is C20H26N4O4. The lowest BCUT2D eigenvalue weighted by atomic mass is 10.1. The molecule has 150 valence electrons. The Kier molecular flexibility index (Phi) is 7.34. The van der Waals surface area contributed by atoms with Crippen molar-refractivity contribution in [2.24, 2.45) is 0 Å². The number of carbonyl (C=O) groups is 1. The van der Waals surface area contributed by atoms with Crippen molar-refractivity contribution in [3.63, 3.8) is 0 Å². The topological polar surface area (TPSA) is 110 Å². The Hall–Kier alpha value is -3.13. The van der Waals surface area contributed by atoms with Gasteiger partial charge < -0.3 is 10.5 Å². The molecule has 0 atom stereocenters. The molecule has 0 aliphatic rings. The highest BCUT2D eigenvalue weighted by Crippen LogP contribution is 2.14. The second kappa shape index (κ2) is 9.70. The molecule has 0 spiro atoms. The standard InChI is InChI=1S/C20H26N4O4/c1-4-10-24-18(21)17(19(26)22-20(24)27)16(25)13-23(3)12-14-6-8-15(9-7-14)28-11-5-2/h5-9H,2,4,10-13,21H2,1,3H3,(H,22,26,27). The van der Waals surface area contributed by atoms with Crippen molar-refractivity contribution in [1.29, 1.82) is 0 Å². The van der Waals surface area contributed by atoms with Crippen molar-refractivity contribution < 1.29 is 9.53 Å². The molecule has 2 rings (SSSR count). The number of hydrogen-bond acceptors (Lipinski definition) is 6. The summed E-state index contributed by atoms with van der Waals surface area (Å²) in [5, 5.41) is 0. The lowest BCUT2D eigenvalue weighted by Crippen LogP contribution is -2.38. The van der Waals surface area contributed by atoms with Gasteiger partial charge in [0.25, 0.3) is 5.56 Å². The maximum atomic E-state index is 12.6. The Bertz CT molecular complexity index is 944. The molecule has 2 aromatic rings. The number of likely N-dealkylation sites (N-methyl/N-ethyl adjacent to an activating group) is 1. The number of ketones is 1. The first-order valence-corrected chi connectivity index (χ1v) is 9.04. The second-order valence-corrected chi connectivity index (χ2v) is 6.51. The summed E-state index contributed by atoms with van der Waals surface area (Å²) in [6.45, 7) is 6.74. The van der Waals surface area contributed by atoms with Crippen LogP contribution in [0.3, 0.4) is 0 Å². The molecule has 0 unspecified atom stereocenters. The molecular weight excluding hydrogens is 360 g/mol. The summed E-state index contributed by atoms with van der Waals surface area (Å²) >= 11 is 0. The number of rotatable bonds is 10. The Labute approximate surface area is 163 Å². The minimum Gasteiger partial charge on any atom is -0.490 e. The Morgan fingerprint density at radius 3 is 2.61 bits per heavy atom. The van der Waals surface area contributed by atoms with Gasteiger partial charge in [-0.1, -0.05) is 31.7 Å². The van der Waals surface area contributed by atoms with Crippen LogP contribution in [0.1, 0.15) is 29.3 Å². The Morgan fingerprint density at radius 2 is 2.00 bits per heavy atom. The molecule has 0 aliphatic carbocycles. The van der Waals surface area contributed by atoms with Gasteiger partial charge in [0.1, 0.15) is 23.7 Å². The van der Waals surface area contributed by atoms with Gasteiger partial charge in [-0.3, -0.25) is 24.0 Å². The lowest BCUT2D eigenvalue weighted by Gasteiger charge is -2.17. The SMILES string of the molecule is C=CCOc1ccc(CN(C)CC(=O)c2c(N)n(CCC)c(=O)[nH]c2=O)cc1. The van der Waals surface area contributed by atoms with Crippen LogP contribution in [0.15, 0.2) is 46.5 Å². The van der Waals surface area contributed by atoms with Crippen LogP contribution >= 0.6 is 0 Å². The number of ether oxygens (including phenoxy) is 1. The smallest absolute Gasteiger partial charge is 0.329 e. The van der Waals surface area contributed by atoms with E-state index < -0.39 is 17.0 Å². The third kappa shape index (κ3) is 5.20. The summed E-state index contributed by atoms with van der Waals surface area (Å²) in [6, 6.07) is 7.50. The highest BCUT2D eigenvalue weighted by Gasteiger charge is 2.20. The average molecular weight is 386 g/mol. The molecule has 0 saturated heterocycles. The van der Waals surface area contributed by atoms with Crippen molar-refractivity contribution in [3.8, 4) is 5.75 Å². The molecule has 0 amide bonds. The highest BCUT2D eigenvalue weighted by atomic mass is 16.5. The number of anilines is 1. The van der Waals surface area contributed by atoms with Crippen LogP contribution in [0, 0.1) is 0 Å². The van der Waals surface area contributed by atoms with E-state index in [4.69, 9.17) is 10.5 Å². The molecule has 1 heterocycles. The molecule has 3 N–H and O–H groups in total. The largest absolute Gasteiger partial charge is 0.490 e. The van der Waals surface area contributed by atoms with Crippen LogP contribution < -0.4 is 21.7 Å². The molecule has 8 heteroatoms. The third-order valence-corrected chi connectivity index (χ3v) is 4.12. The summed E-state index contributed by atoms with van der Waals surface area (Å²) in [4.78, 5) is 40.6. The van der Waals surface area contributed by atoms with Gasteiger partial charge in [0.15, 0.2) is 5.78 Å². The fourth-order valence-electron chi connectivity index (χ4n) is 2.84. The van der Waals surface area contributed by atoms with Crippen molar-refractivity contribution in [2.75, 3.05) is 25.9 Å². The summed E-state index contributed by atoms with van der Waals surface area (Å²) < 4.78 is 6.66. The minimum absolute atomic E-state index is 0.00761. The number of aromatic amines is 1. The minimum atomic E-state index is -0.753. The number of nitrogen functional groups attached to an aromatic ring is 1. The van der Waals surface area contributed by atoms with Crippen LogP contribution in [0.4, 0.5) is 5.82 Å². The third-order valence-electron chi connectivity index (χ3n) is 4.12. The van der Waals surface area contributed by atoms with Gasteiger partial charge in [0.05, 0.1) is 6.54 Å². The van der Waals surface area contributed by atoms with Crippen LogP contribution in [0.2, 0.25) is 0 Å². The number of benzene rings is 1. The van der Waals surface area contributed by atoms with E-state index in [2.05, 4.69) is 11.6 Å². The lowest BCUT2D eigenvalue weighted by molar-refractivity contribution is 0.0941. The van der Waals surface area contributed by atoms with Crippen LogP contribution in [-0.4, -0.2) is 40.4 Å². The summed E-state index contributed by atoms with van der Waals surface area (Å²) in [7, 11) is 1.77. The number of carbonyl (C=O) groups excluding carboxylic acids is 1. The normalized spacial score (nSPS) is 10.8. The fourth-order valence-corrected chi connectivity index (χ4v) is 2.84. The van der Waals surface area contributed by atoms with Gasteiger partial charge in [-0.2, -0.15) is 0 Å². The molecule has 0 aliphatic heterocycles. The van der Waals surface area contributed by atoms with E-state index in [1.54, 1.807) is 18.0 Å². The van der Waals surface area contributed by atoms with E-state index in [0.717, 1.165) is 11.3 Å². The van der Waals surface area contributed by atoms with Crippen molar-refractivity contribution in [1.82, 2.24) is 14.5 Å². The van der Waals surface area contributed by atoms with E-state index in [1.807, 2.05) is 31.2 Å². The first-order valence-electron chi connectivity index (χ1n) is 9.04. The van der Waals surface area contributed by atoms with Gasteiger partial charge >= 0.3 is 5.69 Å². The van der Waals surface area contributed by atoms with Crippen molar-refractivity contribution in [2.45, 2.75) is 26.4 Å². The zero-order valence-corrected chi connectivity index (χ0v) is 16.2. The molecule has 0 fully saturated rings. The molecule has 8 nitrogen and oxygen atoms in total. The van der Waals surface area contributed by atoms with E-state index in [-0.39, 0.29) is 17.9 Å². The molecule has 0 bridgehead atoms. The number of Topliss-reactive ketones (excluding diaryl/α,β-unsaturated/α-hetero) is 1. The van der Waals surface area contributed by atoms with Gasteiger partial charge in [-0.25, -0.2) is 4.79 Å². The van der Waals surface area contributed by atoms with Crippen molar-refractivity contribution in [3.05, 3.63) is 68.9 Å². The monoisotopic (exact) mass is 386 g/mol. The van der Waals surface area contributed by atoms with Crippen LogP contribution in [0.5, 0.6) is 5.75 Å². The molecule has 0 radical (unpaired) electrons. The highest BCUT2D eigenvalue weighted by molar-refractivity contribution is 6.01. The number of hydrogen-bond donors (Lipinski definition) is 2. The quantitative estimate of drug-likeness (QED) is 0.472. The second-order valence-electron chi connectivity index (χ2n) is 6.51. The molecule has 28 heavy (non-hydrogen) atoms. The van der Waals surface area contributed by atoms with E-state index >= 15 is 0 Å². The summed E-state index contributed by atoms with van der Waals surface area (Å²) in [6.07, 6.45) is 2.32. The number of nitrogens with two attached hydrogens (primary N) is 1. The van der Waals surface area contributed by atoms with Gasteiger partial charge in [-0.15, -0.1) is 0 Å². The predicted octanol–water partition coefficient (Wildman–Crippen LogP) is 1.41. The van der Waals surface area contributed by atoms with Gasteiger partial charge in [-0.05, 0) is 31.2 Å². The van der Waals surface area contributed by atoms with Crippen molar-refractivity contribution >= 4 is 11.6 Å². The van der Waals surface area contributed by atoms with E-state index in [0.29, 0.717) is 26.1 Å². The summed E-state index contributed by atoms with van der Waals surface area (Å²) in [5.74, 6) is 0.217. The zero-order chi connectivity index (χ0) is 20.7. The maximum absolute atomic E-state index is 12.6. The van der Waals surface area contributed by atoms with E-state index in [1.165, 1.54) is 4.57 Å². The van der Waals surface area contributed by atoms with E-state index in [9.17, 15) is 14.4 Å². The van der Waals surface area contributed by atoms with Crippen LogP contribution in [-0.2, 0) is 13.1 Å². The number of nitrogens with zero attached hydrogens (tertiary/aromatic N) is 2. The number of nitrogens with one attached hydrogen (secondary N) is 1. The fraction of sp³-hybridized carbons (Fsp3) is 0.350. The Balaban J connectivity index is 2.10. The maximum Gasteiger partial charge on any atom is 0.329 e. The zero-order valence-electron chi connectivity index (χ0n) is 16.2. The van der Waals surface area contributed by atoms with Crippen LogP contribution in [0.25, 0.3) is 0 Å². The first-order chi connectivity index (χ1) is 13.4. The molecule has 1 aromatic heterocycles. The van der Waals surface area contributed by atoms with Gasteiger partial charge in [0.2, 0.25) is 0 Å². The molecule has 1 aromatic carbocycles. The molecule has 0 saturated carbocycles. The number of aromatic nitrogens is 2. The van der Waals surface area contributed by atoms with Gasteiger partial charge in [0, 0.05) is 13.1 Å². The number of H-pyrrole nitrogens is 1. The Morgan fingerprint density at radius 1 is 1.32 bits per heavy atom. The summed E-state index contributed by atoms with van der Waals surface area (Å²) in [5.41, 5.74) is 5.40.